The molecule has 4 nitrogen and oxygen atoms in total. The van der Waals surface area contributed by atoms with Gasteiger partial charge in [-0.1, -0.05) is 12.1 Å². The van der Waals surface area contributed by atoms with Gasteiger partial charge in [0.1, 0.15) is 0 Å². The fourth-order valence-electron chi connectivity index (χ4n) is 1.65. The first-order valence-electron chi connectivity index (χ1n) is 6.48. The van der Waals surface area contributed by atoms with Crippen LogP contribution < -0.4 is 16.0 Å². The van der Waals surface area contributed by atoms with E-state index in [9.17, 15) is 4.79 Å². The highest BCUT2D eigenvalue weighted by molar-refractivity contribution is 7.98. The van der Waals surface area contributed by atoms with Crippen molar-refractivity contribution in [2.45, 2.75) is 19.4 Å². The number of urea groups is 1. The molecular formula is C14H23N3OS. The second kappa shape index (κ2) is 8.82. The van der Waals surface area contributed by atoms with Crippen LogP contribution in [0.1, 0.15) is 24.9 Å². The first-order chi connectivity index (χ1) is 9.17. The van der Waals surface area contributed by atoms with Gasteiger partial charge in [0.25, 0.3) is 0 Å². The Bertz CT molecular complexity index is 398. The molecule has 2 amide bonds. The van der Waals surface area contributed by atoms with Gasteiger partial charge < -0.3 is 16.0 Å². The smallest absolute Gasteiger partial charge is 0.319 e. The SMILES string of the molecule is CNC(C)c1cccc(NC(=O)NCCCSC)c1. The standard InChI is InChI=1S/C14H23N3OS/c1-11(15-2)12-6-4-7-13(10-12)17-14(18)16-8-5-9-19-3/h4,6-7,10-11,15H,5,8-9H2,1-3H3,(H2,16,17,18). The van der Waals surface area contributed by atoms with Crippen LogP contribution in [0.3, 0.4) is 0 Å². The highest BCUT2D eigenvalue weighted by atomic mass is 32.2. The van der Waals surface area contributed by atoms with Gasteiger partial charge in [-0.15, -0.1) is 0 Å². The molecule has 19 heavy (non-hydrogen) atoms. The molecule has 1 rings (SSSR count). The fraction of sp³-hybridized carbons (Fsp3) is 0.500. The Morgan fingerprint density at radius 1 is 1.42 bits per heavy atom. The van der Waals surface area contributed by atoms with E-state index in [1.807, 2.05) is 31.3 Å². The average Bonchev–Trinajstić information content (AvgIpc) is 2.43. The Labute approximate surface area is 119 Å². The van der Waals surface area contributed by atoms with Gasteiger partial charge in [0.05, 0.1) is 0 Å². The molecule has 0 radical (unpaired) electrons. The lowest BCUT2D eigenvalue weighted by Crippen LogP contribution is -2.29. The van der Waals surface area contributed by atoms with Gasteiger partial charge >= 0.3 is 6.03 Å². The van der Waals surface area contributed by atoms with Gasteiger partial charge in [-0.3, -0.25) is 0 Å². The molecule has 3 N–H and O–H groups in total. The predicted octanol–water partition coefficient (Wildman–Crippen LogP) is 2.84. The lowest BCUT2D eigenvalue weighted by Gasteiger charge is -2.13. The maximum Gasteiger partial charge on any atom is 0.319 e. The average molecular weight is 281 g/mol. The van der Waals surface area contributed by atoms with Crippen molar-refractivity contribution < 1.29 is 4.79 Å². The number of thioether (sulfide) groups is 1. The summed E-state index contributed by atoms with van der Waals surface area (Å²) < 4.78 is 0. The van der Waals surface area contributed by atoms with Gasteiger partial charge in [-0.05, 0) is 50.1 Å². The van der Waals surface area contributed by atoms with Crippen molar-refractivity contribution in [2.75, 3.05) is 30.9 Å². The molecule has 106 valence electrons. The predicted molar refractivity (Wildman–Crippen MR) is 83.9 cm³/mol. The van der Waals surface area contributed by atoms with Gasteiger partial charge in [-0.25, -0.2) is 4.79 Å². The Kier molecular flexibility index (Phi) is 7.36. The van der Waals surface area contributed by atoms with E-state index >= 15 is 0 Å². The van der Waals surface area contributed by atoms with E-state index in [0.29, 0.717) is 6.54 Å². The molecule has 0 aliphatic heterocycles. The molecule has 1 aromatic rings. The zero-order valence-corrected chi connectivity index (χ0v) is 12.6. The van der Waals surface area contributed by atoms with Crippen LogP contribution in [0.4, 0.5) is 10.5 Å². The number of hydrogen-bond donors (Lipinski definition) is 3. The number of hydrogen-bond acceptors (Lipinski definition) is 3. The molecule has 0 bridgehead atoms. The minimum absolute atomic E-state index is 0.143. The van der Waals surface area contributed by atoms with Crippen molar-refractivity contribution >= 4 is 23.5 Å². The zero-order chi connectivity index (χ0) is 14.1. The van der Waals surface area contributed by atoms with Gasteiger partial charge in [0.15, 0.2) is 0 Å². The zero-order valence-electron chi connectivity index (χ0n) is 11.8. The molecule has 0 aliphatic rings. The summed E-state index contributed by atoms with van der Waals surface area (Å²) in [6, 6.07) is 8.01. The van der Waals surface area contributed by atoms with Gasteiger partial charge in [0, 0.05) is 18.3 Å². The van der Waals surface area contributed by atoms with Gasteiger partial charge in [-0.2, -0.15) is 11.8 Å². The monoisotopic (exact) mass is 281 g/mol. The summed E-state index contributed by atoms with van der Waals surface area (Å²) in [6.45, 7) is 2.79. The third-order valence-corrected chi connectivity index (χ3v) is 3.59. The van der Waals surface area contributed by atoms with Crippen LogP contribution in [0, 0.1) is 0 Å². The quantitative estimate of drug-likeness (QED) is 0.674. The lowest BCUT2D eigenvalue weighted by molar-refractivity contribution is 0.252. The highest BCUT2D eigenvalue weighted by Crippen LogP contribution is 2.16. The number of amides is 2. The summed E-state index contributed by atoms with van der Waals surface area (Å²) in [4.78, 5) is 11.7. The van der Waals surface area contributed by atoms with E-state index in [1.54, 1.807) is 11.8 Å². The van der Waals surface area contributed by atoms with Gasteiger partial charge in [0.2, 0.25) is 0 Å². The number of anilines is 1. The molecule has 0 fully saturated rings. The summed E-state index contributed by atoms with van der Waals surface area (Å²) in [7, 11) is 1.92. The lowest BCUT2D eigenvalue weighted by atomic mass is 10.1. The molecule has 0 saturated heterocycles. The van der Waals surface area contributed by atoms with E-state index in [1.165, 1.54) is 0 Å². The molecule has 0 spiro atoms. The second-order valence-corrected chi connectivity index (χ2v) is 5.35. The summed E-state index contributed by atoms with van der Waals surface area (Å²) in [5.74, 6) is 1.06. The van der Waals surface area contributed by atoms with E-state index in [0.717, 1.165) is 23.4 Å². The number of carbonyl (C=O) groups excluding carboxylic acids is 1. The summed E-state index contributed by atoms with van der Waals surface area (Å²) >= 11 is 1.79. The Morgan fingerprint density at radius 2 is 2.21 bits per heavy atom. The van der Waals surface area contributed by atoms with Crippen molar-refractivity contribution in [3.63, 3.8) is 0 Å². The second-order valence-electron chi connectivity index (χ2n) is 4.36. The minimum Gasteiger partial charge on any atom is -0.338 e. The number of nitrogens with one attached hydrogen (secondary N) is 3. The highest BCUT2D eigenvalue weighted by Gasteiger charge is 2.05. The molecule has 1 aromatic carbocycles. The van der Waals surface area contributed by atoms with Crippen LogP contribution in [0.15, 0.2) is 24.3 Å². The molecule has 0 heterocycles. The normalized spacial score (nSPS) is 11.9. The molecule has 0 aliphatic carbocycles. The van der Waals surface area contributed by atoms with E-state index in [2.05, 4.69) is 29.1 Å². The largest absolute Gasteiger partial charge is 0.338 e. The first kappa shape index (κ1) is 15.9. The van der Waals surface area contributed by atoms with E-state index in [-0.39, 0.29) is 12.1 Å². The van der Waals surface area contributed by atoms with Crippen molar-refractivity contribution in [3.8, 4) is 0 Å². The van der Waals surface area contributed by atoms with Crippen molar-refractivity contribution in [1.29, 1.82) is 0 Å². The van der Waals surface area contributed by atoms with E-state index < -0.39 is 0 Å². The van der Waals surface area contributed by atoms with Crippen LogP contribution in [0.25, 0.3) is 0 Å². The Balaban J connectivity index is 2.45. The number of carbonyl (C=O) groups is 1. The van der Waals surface area contributed by atoms with Crippen molar-refractivity contribution in [1.82, 2.24) is 10.6 Å². The van der Waals surface area contributed by atoms with Crippen molar-refractivity contribution in [2.24, 2.45) is 0 Å². The third kappa shape index (κ3) is 5.98. The number of benzene rings is 1. The van der Waals surface area contributed by atoms with Crippen LogP contribution in [-0.2, 0) is 0 Å². The minimum atomic E-state index is -0.143. The first-order valence-corrected chi connectivity index (χ1v) is 7.87. The van der Waals surface area contributed by atoms with Crippen LogP contribution in [0.5, 0.6) is 0 Å². The topological polar surface area (TPSA) is 53.2 Å². The maximum absolute atomic E-state index is 11.7. The van der Waals surface area contributed by atoms with Crippen molar-refractivity contribution in [3.05, 3.63) is 29.8 Å². The molecule has 1 unspecified atom stereocenters. The molecule has 1 atom stereocenters. The summed E-state index contributed by atoms with van der Waals surface area (Å²) in [5.41, 5.74) is 1.98. The van der Waals surface area contributed by atoms with E-state index in [4.69, 9.17) is 0 Å². The van der Waals surface area contributed by atoms with Crippen LogP contribution >= 0.6 is 11.8 Å². The Hall–Kier alpha value is -1.20. The molecule has 5 heteroatoms. The molecular weight excluding hydrogens is 258 g/mol. The maximum atomic E-state index is 11.7. The molecule has 0 aromatic heterocycles. The number of rotatable bonds is 7. The summed E-state index contributed by atoms with van der Waals surface area (Å²) in [6.07, 6.45) is 3.06. The third-order valence-electron chi connectivity index (χ3n) is 2.89. The fourth-order valence-corrected chi connectivity index (χ4v) is 2.08. The summed E-state index contributed by atoms with van der Waals surface area (Å²) in [5, 5.41) is 8.88. The molecule has 0 saturated carbocycles. The van der Waals surface area contributed by atoms with Crippen LogP contribution in [-0.4, -0.2) is 31.6 Å². The Morgan fingerprint density at radius 3 is 2.89 bits per heavy atom. The van der Waals surface area contributed by atoms with Crippen LogP contribution in [0.2, 0.25) is 0 Å².